The Labute approximate surface area is 98.1 Å². The highest BCUT2D eigenvalue weighted by atomic mass is 15.1. The van der Waals surface area contributed by atoms with Gasteiger partial charge in [-0.1, -0.05) is 26.7 Å². The highest BCUT2D eigenvalue weighted by Crippen LogP contribution is 2.27. The van der Waals surface area contributed by atoms with E-state index >= 15 is 0 Å². The zero-order valence-corrected chi connectivity index (χ0v) is 10.4. The fourth-order valence-corrected chi connectivity index (χ4v) is 2.57. The second-order valence-electron chi connectivity index (χ2n) is 5.39. The molecule has 16 heavy (non-hydrogen) atoms. The van der Waals surface area contributed by atoms with E-state index in [2.05, 4.69) is 23.4 Å². The molecule has 90 valence electrons. The first-order chi connectivity index (χ1) is 7.68. The molecule has 1 saturated carbocycles. The summed E-state index contributed by atoms with van der Waals surface area (Å²) in [6, 6.07) is 0.115. The molecule has 0 aromatic carbocycles. The molecule has 1 aliphatic rings. The Balaban J connectivity index is 2.06. The van der Waals surface area contributed by atoms with Gasteiger partial charge in [-0.05, 0) is 24.7 Å². The van der Waals surface area contributed by atoms with Gasteiger partial charge >= 0.3 is 0 Å². The number of hydrogen-bond acceptors (Lipinski definition) is 2. The summed E-state index contributed by atoms with van der Waals surface area (Å²) >= 11 is 0. The molecule has 1 aromatic heterocycles. The molecule has 1 aromatic rings. The maximum atomic E-state index is 6.20. The highest BCUT2D eigenvalue weighted by molar-refractivity contribution is 5.05. The minimum atomic E-state index is 0.115. The number of imidazole rings is 1. The van der Waals surface area contributed by atoms with Crippen LogP contribution in [0.4, 0.5) is 0 Å². The van der Waals surface area contributed by atoms with Gasteiger partial charge < -0.3 is 10.3 Å². The Morgan fingerprint density at radius 2 is 2.12 bits per heavy atom. The van der Waals surface area contributed by atoms with E-state index in [-0.39, 0.29) is 6.04 Å². The first kappa shape index (κ1) is 11.6. The van der Waals surface area contributed by atoms with Gasteiger partial charge in [0.1, 0.15) is 0 Å². The molecule has 2 rings (SSSR count). The number of hydrogen-bond donors (Lipinski definition) is 1. The van der Waals surface area contributed by atoms with Crippen molar-refractivity contribution >= 4 is 0 Å². The monoisotopic (exact) mass is 221 g/mol. The molecular weight excluding hydrogens is 198 g/mol. The molecule has 1 heterocycles. The Morgan fingerprint density at radius 1 is 1.44 bits per heavy atom. The van der Waals surface area contributed by atoms with Crippen LogP contribution in [-0.2, 0) is 6.54 Å². The quantitative estimate of drug-likeness (QED) is 0.849. The first-order valence-electron chi connectivity index (χ1n) is 6.44. The smallest absolute Gasteiger partial charge is 0.0948 e. The van der Waals surface area contributed by atoms with Crippen LogP contribution in [-0.4, -0.2) is 9.55 Å². The normalized spacial score (nSPS) is 19.5. The maximum Gasteiger partial charge on any atom is 0.0948 e. The van der Waals surface area contributed by atoms with Gasteiger partial charge in [-0.2, -0.15) is 0 Å². The van der Waals surface area contributed by atoms with Crippen LogP contribution in [0.15, 0.2) is 12.5 Å². The molecule has 0 bridgehead atoms. The predicted octanol–water partition coefficient (Wildman–Crippen LogP) is 2.73. The predicted molar refractivity (Wildman–Crippen MR) is 66.0 cm³/mol. The summed E-state index contributed by atoms with van der Waals surface area (Å²) in [5.74, 6) is 1.31. The van der Waals surface area contributed by atoms with Crippen LogP contribution in [0, 0.1) is 11.8 Å². The van der Waals surface area contributed by atoms with Gasteiger partial charge in [-0.3, -0.25) is 0 Å². The van der Waals surface area contributed by atoms with E-state index in [1.165, 1.54) is 31.4 Å². The van der Waals surface area contributed by atoms with E-state index in [4.69, 9.17) is 5.73 Å². The summed E-state index contributed by atoms with van der Waals surface area (Å²) in [4.78, 5) is 4.25. The maximum absolute atomic E-state index is 6.20. The molecule has 3 nitrogen and oxygen atoms in total. The molecule has 2 N–H and O–H groups in total. The molecular formula is C13H23N3. The van der Waals surface area contributed by atoms with Gasteiger partial charge in [0.15, 0.2) is 0 Å². The lowest BCUT2D eigenvalue weighted by Gasteiger charge is -2.19. The zero-order valence-electron chi connectivity index (χ0n) is 10.4. The van der Waals surface area contributed by atoms with Gasteiger partial charge in [-0.25, -0.2) is 4.98 Å². The average molecular weight is 221 g/mol. The van der Waals surface area contributed by atoms with E-state index in [9.17, 15) is 0 Å². The van der Waals surface area contributed by atoms with E-state index < -0.39 is 0 Å². The summed E-state index contributed by atoms with van der Waals surface area (Å²) in [5.41, 5.74) is 7.39. The van der Waals surface area contributed by atoms with Crippen molar-refractivity contribution in [2.45, 2.75) is 52.1 Å². The number of nitrogens with two attached hydrogens (primary N) is 1. The van der Waals surface area contributed by atoms with Gasteiger partial charge in [0.2, 0.25) is 0 Å². The number of nitrogens with zero attached hydrogens (tertiary/aromatic N) is 2. The Morgan fingerprint density at radius 3 is 2.75 bits per heavy atom. The molecule has 0 amide bonds. The van der Waals surface area contributed by atoms with Crippen LogP contribution < -0.4 is 5.73 Å². The van der Waals surface area contributed by atoms with Gasteiger partial charge in [-0.15, -0.1) is 0 Å². The molecule has 0 aliphatic heterocycles. The van der Waals surface area contributed by atoms with Crippen molar-refractivity contribution in [3.05, 3.63) is 18.2 Å². The van der Waals surface area contributed by atoms with Crippen molar-refractivity contribution in [2.24, 2.45) is 17.6 Å². The van der Waals surface area contributed by atoms with E-state index in [1.54, 1.807) is 0 Å². The van der Waals surface area contributed by atoms with Gasteiger partial charge in [0, 0.05) is 18.8 Å². The lowest BCUT2D eigenvalue weighted by molar-refractivity contribution is 0.418. The lowest BCUT2D eigenvalue weighted by atomic mass is 10.0. The van der Waals surface area contributed by atoms with Crippen LogP contribution in [0.1, 0.15) is 51.3 Å². The largest absolute Gasteiger partial charge is 0.333 e. The lowest BCUT2D eigenvalue weighted by Crippen LogP contribution is -2.21. The van der Waals surface area contributed by atoms with Crippen LogP contribution in [0.3, 0.4) is 0 Å². The van der Waals surface area contributed by atoms with Crippen molar-refractivity contribution in [3.8, 4) is 0 Å². The van der Waals surface area contributed by atoms with Crippen LogP contribution >= 0.6 is 0 Å². The SMILES string of the molecule is CC(C)C(N)c1cncn1CC1CCCC1. The van der Waals surface area contributed by atoms with Gasteiger partial charge in [0.25, 0.3) is 0 Å². The van der Waals surface area contributed by atoms with E-state index in [1.807, 2.05) is 12.5 Å². The molecule has 0 spiro atoms. The van der Waals surface area contributed by atoms with Crippen molar-refractivity contribution < 1.29 is 0 Å². The second kappa shape index (κ2) is 5.00. The van der Waals surface area contributed by atoms with Crippen molar-refractivity contribution in [1.82, 2.24) is 9.55 Å². The summed E-state index contributed by atoms with van der Waals surface area (Å²) in [5, 5.41) is 0. The summed E-state index contributed by atoms with van der Waals surface area (Å²) in [6.07, 6.45) is 9.40. The highest BCUT2D eigenvalue weighted by Gasteiger charge is 2.19. The Hall–Kier alpha value is -0.830. The number of aromatic nitrogens is 2. The molecule has 3 heteroatoms. The van der Waals surface area contributed by atoms with Crippen molar-refractivity contribution in [1.29, 1.82) is 0 Å². The minimum Gasteiger partial charge on any atom is -0.333 e. The topological polar surface area (TPSA) is 43.8 Å². The van der Waals surface area contributed by atoms with Crippen molar-refractivity contribution in [3.63, 3.8) is 0 Å². The third-order valence-corrected chi connectivity index (χ3v) is 3.73. The standard InChI is InChI=1S/C13H23N3/c1-10(2)13(14)12-7-15-9-16(12)8-11-5-3-4-6-11/h7,9-11,13H,3-6,8,14H2,1-2H3. The Kier molecular flexibility index (Phi) is 3.64. The molecule has 1 fully saturated rings. The summed E-state index contributed by atoms with van der Waals surface area (Å²) in [7, 11) is 0. The van der Waals surface area contributed by atoms with E-state index in [0.29, 0.717) is 5.92 Å². The summed E-state index contributed by atoms with van der Waals surface area (Å²) < 4.78 is 2.26. The molecule has 0 saturated heterocycles. The molecule has 1 unspecified atom stereocenters. The third kappa shape index (κ3) is 2.46. The van der Waals surface area contributed by atoms with Crippen LogP contribution in [0.5, 0.6) is 0 Å². The van der Waals surface area contributed by atoms with E-state index in [0.717, 1.165) is 12.5 Å². The summed E-state index contributed by atoms with van der Waals surface area (Å²) in [6.45, 7) is 5.44. The van der Waals surface area contributed by atoms with Gasteiger partial charge in [0.05, 0.1) is 12.0 Å². The van der Waals surface area contributed by atoms with Crippen molar-refractivity contribution in [2.75, 3.05) is 0 Å². The molecule has 1 atom stereocenters. The Bertz CT molecular complexity index is 324. The third-order valence-electron chi connectivity index (χ3n) is 3.73. The fourth-order valence-electron chi connectivity index (χ4n) is 2.57. The number of rotatable bonds is 4. The van der Waals surface area contributed by atoms with Crippen LogP contribution in [0.2, 0.25) is 0 Å². The molecule has 1 aliphatic carbocycles. The average Bonchev–Trinajstić information content (AvgIpc) is 2.88. The fraction of sp³-hybridized carbons (Fsp3) is 0.769. The van der Waals surface area contributed by atoms with Crippen LogP contribution in [0.25, 0.3) is 0 Å². The zero-order chi connectivity index (χ0) is 11.5. The first-order valence-corrected chi connectivity index (χ1v) is 6.44. The minimum absolute atomic E-state index is 0.115. The molecule has 0 radical (unpaired) electrons. The second-order valence-corrected chi connectivity index (χ2v) is 5.39.